The Hall–Kier alpha value is -1.53. The van der Waals surface area contributed by atoms with Gasteiger partial charge in [0.2, 0.25) is 0 Å². The van der Waals surface area contributed by atoms with Crippen molar-refractivity contribution >= 4 is 0 Å². The highest BCUT2D eigenvalue weighted by Gasteiger charge is 2.02. The van der Waals surface area contributed by atoms with Gasteiger partial charge in [-0.25, -0.2) is 4.39 Å². The zero-order valence-corrected chi connectivity index (χ0v) is 7.21. The van der Waals surface area contributed by atoms with E-state index in [4.69, 9.17) is 15.9 Å². The van der Waals surface area contributed by atoms with E-state index in [1.807, 2.05) is 0 Å². The van der Waals surface area contributed by atoms with Crippen LogP contribution in [-0.4, -0.2) is 13.9 Å². The Bertz CT molecular complexity index is 328. The molecule has 0 aliphatic heterocycles. The molecule has 2 nitrogen and oxygen atoms in total. The minimum absolute atomic E-state index is 0.0975. The summed E-state index contributed by atoms with van der Waals surface area (Å²) in [5.74, 6) is 2.40. The van der Waals surface area contributed by atoms with Gasteiger partial charge in [-0.15, -0.1) is 6.42 Å². The van der Waals surface area contributed by atoms with Crippen LogP contribution in [0, 0.1) is 18.2 Å². The normalized spacial score (nSPS) is 9.31. The molecule has 0 heterocycles. The van der Waals surface area contributed by atoms with E-state index in [-0.39, 0.29) is 12.6 Å². The Kier molecular flexibility index (Phi) is 3.30. The van der Waals surface area contributed by atoms with Crippen LogP contribution in [0.2, 0.25) is 0 Å². The highest BCUT2D eigenvalue weighted by molar-refractivity contribution is 5.44. The first-order valence-electron chi connectivity index (χ1n) is 3.66. The fourth-order valence-electron chi connectivity index (χ4n) is 0.863. The average molecular weight is 180 g/mol. The Balaban J connectivity index is 2.88. The first kappa shape index (κ1) is 9.56. The molecular formula is C10H9FO2. The van der Waals surface area contributed by atoms with Crippen molar-refractivity contribution in [3.05, 3.63) is 29.6 Å². The van der Waals surface area contributed by atoms with Crippen LogP contribution >= 0.6 is 0 Å². The number of methoxy groups -OCH3 is 1. The van der Waals surface area contributed by atoms with Crippen molar-refractivity contribution in [2.75, 3.05) is 13.9 Å². The van der Waals surface area contributed by atoms with E-state index in [1.165, 1.54) is 25.3 Å². The average Bonchev–Trinajstić information content (AvgIpc) is 2.16. The van der Waals surface area contributed by atoms with Gasteiger partial charge in [0.25, 0.3) is 0 Å². The largest absolute Gasteiger partial charge is 0.466 e. The molecule has 0 saturated carbocycles. The van der Waals surface area contributed by atoms with Crippen LogP contribution in [0.4, 0.5) is 4.39 Å². The first-order chi connectivity index (χ1) is 6.27. The predicted octanol–water partition coefficient (Wildman–Crippen LogP) is 1.79. The third-order valence-corrected chi connectivity index (χ3v) is 1.43. The Labute approximate surface area is 76.3 Å². The van der Waals surface area contributed by atoms with Gasteiger partial charge in [-0.3, -0.25) is 0 Å². The summed E-state index contributed by atoms with van der Waals surface area (Å²) in [6, 6.07) is 4.00. The van der Waals surface area contributed by atoms with Gasteiger partial charge < -0.3 is 9.47 Å². The SMILES string of the molecule is C#Cc1cc(F)ccc1OCOC. The van der Waals surface area contributed by atoms with E-state index < -0.39 is 0 Å². The van der Waals surface area contributed by atoms with Gasteiger partial charge in [-0.1, -0.05) is 5.92 Å². The van der Waals surface area contributed by atoms with Gasteiger partial charge in [0.05, 0.1) is 5.56 Å². The Morgan fingerprint density at radius 3 is 2.92 bits per heavy atom. The highest BCUT2D eigenvalue weighted by Crippen LogP contribution is 2.18. The molecule has 0 fully saturated rings. The maximum absolute atomic E-state index is 12.7. The summed E-state index contributed by atoms with van der Waals surface area (Å²) >= 11 is 0. The fourth-order valence-corrected chi connectivity index (χ4v) is 0.863. The van der Waals surface area contributed by atoms with Crippen molar-refractivity contribution in [2.45, 2.75) is 0 Å². The lowest BCUT2D eigenvalue weighted by molar-refractivity contribution is 0.0509. The van der Waals surface area contributed by atoms with E-state index in [0.717, 1.165) is 0 Å². The topological polar surface area (TPSA) is 18.5 Å². The molecule has 1 aromatic rings. The maximum Gasteiger partial charge on any atom is 0.188 e. The van der Waals surface area contributed by atoms with Gasteiger partial charge in [-0.05, 0) is 18.2 Å². The van der Waals surface area contributed by atoms with Gasteiger partial charge in [0.15, 0.2) is 6.79 Å². The van der Waals surface area contributed by atoms with Crippen molar-refractivity contribution in [3.63, 3.8) is 0 Å². The van der Waals surface area contributed by atoms with E-state index in [0.29, 0.717) is 11.3 Å². The van der Waals surface area contributed by atoms with Crippen molar-refractivity contribution in [1.82, 2.24) is 0 Å². The lowest BCUT2D eigenvalue weighted by Crippen LogP contribution is -2.00. The lowest BCUT2D eigenvalue weighted by atomic mass is 10.2. The Morgan fingerprint density at radius 1 is 1.54 bits per heavy atom. The molecule has 13 heavy (non-hydrogen) atoms. The summed E-state index contributed by atoms with van der Waals surface area (Å²) in [7, 11) is 1.50. The van der Waals surface area contributed by atoms with Crippen LogP contribution in [-0.2, 0) is 4.74 Å². The molecule has 0 aliphatic carbocycles. The number of halogens is 1. The number of hydrogen-bond acceptors (Lipinski definition) is 2. The molecule has 68 valence electrons. The first-order valence-corrected chi connectivity index (χ1v) is 3.66. The monoisotopic (exact) mass is 180 g/mol. The molecule has 0 radical (unpaired) electrons. The molecule has 0 N–H and O–H groups in total. The van der Waals surface area contributed by atoms with E-state index in [1.54, 1.807) is 0 Å². The number of hydrogen-bond donors (Lipinski definition) is 0. The van der Waals surface area contributed by atoms with Crippen molar-refractivity contribution in [1.29, 1.82) is 0 Å². The van der Waals surface area contributed by atoms with Gasteiger partial charge in [-0.2, -0.15) is 0 Å². The standard InChI is InChI=1S/C10H9FO2/c1-3-8-6-9(11)4-5-10(8)13-7-12-2/h1,4-6H,7H2,2H3. The van der Waals surface area contributed by atoms with Crippen molar-refractivity contribution < 1.29 is 13.9 Å². The molecule has 1 aromatic carbocycles. The second kappa shape index (κ2) is 4.48. The number of rotatable bonds is 3. The van der Waals surface area contributed by atoms with Crippen molar-refractivity contribution in [2.24, 2.45) is 0 Å². The lowest BCUT2D eigenvalue weighted by Gasteiger charge is -2.06. The summed E-state index contributed by atoms with van der Waals surface area (Å²) in [4.78, 5) is 0. The smallest absolute Gasteiger partial charge is 0.188 e. The van der Waals surface area contributed by atoms with Gasteiger partial charge in [0.1, 0.15) is 11.6 Å². The molecule has 0 atom stereocenters. The molecule has 0 amide bonds. The second-order valence-corrected chi connectivity index (χ2v) is 2.34. The van der Waals surface area contributed by atoms with Crippen LogP contribution in [0.25, 0.3) is 0 Å². The Morgan fingerprint density at radius 2 is 2.31 bits per heavy atom. The van der Waals surface area contributed by atoms with E-state index >= 15 is 0 Å². The molecule has 0 aliphatic rings. The third-order valence-electron chi connectivity index (χ3n) is 1.43. The maximum atomic E-state index is 12.7. The molecule has 0 saturated heterocycles. The summed E-state index contributed by atoms with van der Waals surface area (Å²) < 4.78 is 22.5. The molecule has 0 aromatic heterocycles. The van der Waals surface area contributed by atoms with Crippen LogP contribution in [0.1, 0.15) is 5.56 Å². The zero-order valence-electron chi connectivity index (χ0n) is 7.21. The molecule has 0 unspecified atom stereocenters. The second-order valence-electron chi connectivity index (χ2n) is 2.34. The van der Waals surface area contributed by atoms with E-state index in [9.17, 15) is 4.39 Å². The summed E-state index contributed by atoms with van der Waals surface area (Å²) in [5.41, 5.74) is 0.386. The van der Waals surface area contributed by atoms with Crippen LogP contribution in [0.3, 0.4) is 0 Å². The fraction of sp³-hybridized carbons (Fsp3) is 0.200. The molecule has 3 heteroatoms. The summed E-state index contributed by atoms with van der Waals surface area (Å²) in [5, 5.41) is 0. The molecule has 0 bridgehead atoms. The van der Waals surface area contributed by atoms with Gasteiger partial charge >= 0.3 is 0 Å². The summed E-state index contributed by atoms with van der Waals surface area (Å²) in [6.45, 7) is 0.0975. The van der Waals surface area contributed by atoms with Crippen molar-refractivity contribution in [3.8, 4) is 18.1 Å². The number of ether oxygens (including phenoxy) is 2. The van der Waals surface area contributed by atoms with Crippen LogP contribution in [0.15, 0.2) is 18.2 Å². The number of benzene rings is 1. The van der Waals surface area contributed by atoms with E-state index in [2.05, 4.69) is 5.92 Å². The highest BCUT2D eigenvalue weighted by atomic mass is 19.1. The zero-order chi connectivity index (χ0) is 9.68. The van der Waals surface area contributed by atoms with Crippen LogP contribution < -0.4 is 4.74 Å². The molecule has 1 rings (SSSR count). The minimum Gasteiger partial charge on any atom is -0.466 e. The molecular weight excluding hydrogens is 171 g/mol. The molecule has 0 spiro atoms. The summed E-state index contributed by atoms with van der Waals surface area (Å²) in [6.07, 6.45) is 5.15. The van der Waals surface area contributed by atoms with Crippen LogP contribution in [0.5, 0.6) is 5.75 Å². The third kappa shape index (κ3) is 2.46. The quantitative estimate of drug-likeness (QED) is 0.521. The predicted molar refractivity (Wildman–Crippen MR) is 46.8 cm³/mol. The number of terminal acetylenes is 1. The van der Waals surface area contributed by atoms with Gasteiger partial charge in [0, 0.05) is 7.11 Å². The minimum atomic E-state index is -0.377.